The minimum atomic E-state index is -1.05. The Bertz CT molecular complexity index is 5930. The molecule has 0 bridgehead atoms. The van der Waals surface area contributed by atoms with E-state index in [9.17, 15) is 0 Å². The molecular formula is C104H99N3O. The summed E-state index contributed by atoms with van der Waals surface area (Å²) < 4.78 is 7.97. The van der Waals surface area contributed by atoms with Gasteiger partial charge in [0.1, 0.15) is 11.2 Å². The van der Waals surface area contributed by atoms with Crippen molar-refractivity contribution in [1.82, 2.24) is 0 Å². The second-order valence-electron chi connectivity index (χ2n) is 36.2. The van der Waals surface area contributed by atoms with Crippen LogP contribution >= 0.6 is 0 Å². The van der Waals surface area contributed by atoms with Crippen molar-refractivity contribution in [2.75, 3.05) is 14.7 Å². The molecule has 108 heavy (non-hydrogen) atoms. The van der Waals surface area contributed by atoms with Crippen LogP contribution in [0.1, 0.15) is 179 Å². The van der Waals surface area contributed by atoms with Crippen LogP contribution in [0.15, 0.2) is 296 Å². The van der Waals surface area contributed by atoms with Crippen molar-refractivity contribution in [3.05, 3.63) is 352 Å². The Labute approximate surface area is 640 Å². The number of para-hydroxylation sites is 1. The third kappa shape index (κ3) is 11.4. The second-order valence-corrected chi connectivity index (χ2v) is 36.2. The van der Waals surface area contributed by atoms with Crippen molar-refractivity contribution < 1.29 is 4.42 Å². The molecule has 2 aliphatic carbocycles. The molecule has 0 radical (unpaired) electrons. The van der Waals surface area contributed by atoms with Crippen molar-refractivity contribution >= 4 is 94.7 Å². The highest BCUT2D eigenvalue weighted by Crippen LogP contribution is 2.68. The molecule has 0 spiro atoms. The Morgan fingerprint density at radius 1 is 0.278 bits per heavy atom. The monoisotopic (exact) mass is 1410 g/mol. The molecule has 17 rings (SSSR count). The van der Waals surface area contributed by atoms with Gasteiger partial charge >= 0.3 is 0 Å². The lowest BCUT2D eigenvalue weighted by Crippen LogP contribution is -2.30. The van der Waals surface area contributed by atoms with Gasteiger partial charge in [0.05, 0.1) is 33.6 Å². The lowest BCUT2D eigenvalue weighted by atomic mass is 9.66. The van der Waals surface area contributed by atoms with E-state index in [-0.39, 0.29) is 27.1 Å². The molecule has 2 aliphatic rings. The van der Waals surface area contributed by atoms with Gasteiger partial charge < -0.3 is 19.1 Å². The summed E-state index contributed by atoms with van der Waals surface area (Å²) in [7, 11) is 0. The number of nitrogens with zero attached hydrogens (tertiary/aromatic N) is 3. The zero-order valence-electron chi connectivity index (χ0n) is 66.0. The number of hydrogen-bond acceptors (Lipinski definition) is 4. The van der Waals surface area contributed by atoms with Gasteiger partial charge in [-0.25, -0.2) is 0 Å². The van der Waals surface area contributed by atoms with Gasteiger partial charge in [-0.1, -0.05) is 318 Å². The Hall–Kier alpha value is -11.2. The number of hydrogen-bond donors (Lipinski definition) is 0. The minimum absolute atomic E-state index is 0.0238. The fourth-order valence-electron chi connectivity index (χ4n) is 17.8. The van der Waals surface area contributed by atoms with E-state index in [2.05, 4.69) is 424 Å². The van der Waals surface area contributed by atoms with Gasteiger partial charge in [-0.15, -0.1) is 0 Å². The zero-order valence-corrected chi connectivity index (χ0v) is 66.0. The van der Waals surface area contributed by atoms with Crippen LogP contribution in [0, 0.1) is 0 Å². The average molecular weight is 1410 g/mol. The number of rotatable bonds is 11. The summed E-state index contributed by atoms with van der Waals surface area (Å²) in [5, 5.41) is 6.79. The Morgan fingerprint density at radius 3 is 1.07 bits per heavy atom. The smallest absolute Gasteiger partial charge is 0.145 e. The van der Waals surface area contributed by atoms with Crippen molar-refractivity contribution in [3.8, 4) is 22.3 Å². The first kappa shape index (κ1) is 69.8. The summed E-state index contributed by atoms with van der Waals surface area (Å²) in [6.07, 6.45) is 0. The van der Waals surface area contributed by atoms with Crippen LogP contribution < -0.4 is 14.7 Å². The van der Waals surface area contributed by atoms with Gasteiger partial charge in [-0.05, 0) is 201 Å². The number of furan rings is 1. The van der Waals surface area contributed by atoms with Crippen LogP contribution in [-0.4, -0.2) is 0 Å². The SMILES string of the molecule is CC(C)(C)c1ccc(N(c2ccc(C(C)(C)C)cc2)c2ccc(C3(c4ccc(C(C)(C)C)cc4)c4cc(N(c5ccc(C(C)(C)C)cc5)c5cccc6ccccc56)c5c(c4-c4c3cc(N(c3ccc(C(C)(C)C)cc3)c3cccc6ccccc36)c3c4oc4ccccc43)C(C)(C)c3ccccc3-5)cc2)cc1. The van der Waals surface area contributed by atoms with E-state index in [1.165, 1.54) is 77.4 Å². The molecule has 0 N–H and O–H groups in total. The summed E-state index contributed by atoms with van der Waals surface area (Å²) in [5.41, 5.74) is 27.9. The van der Waals surface area contributed by atoms with Crippen molar-refractivity contribution in [2.45, 2.75) is 156 Å². The predicted octanol–water partition coefficient (Wildman–Crippen LogP) is 29.5. The Balaban J connectivity index is 1.07. The van der Waals surface area contributed by atoms with E-state index in [1.807, 2.05) is 0 Å². The summed E-state index contributed by atoms with van der Waals surface area (Å²) in [6, 6.07) is 112. The maximum atomic E-state index is 7.97. The van der Waals surface area contributed by atoms with Crippen LogP contribution in [-0.2, 0) is 37.9 Å². The molecule has 0 saturated carbocycles. The van der Waals surface area contributed by atoms with Crippen LogP contribution in [0.3, 0.4) is 0 Å². The molecule has 15 aromatic rings. The first-order valence-electron chi connectivity index (χ1n) is 38.8. The van der Waals surface area contributed by atoms with Gasteiger partial charge in [0, 0.05) is 61.1 Å². The standard InChI is InChI=1S/C104H99N3O/c1-98(2,3)68-40-42-73(43-41-68)104(74-52-62-77(63-53-74)105(75-54-44-69(45-55-75)99(4,5)6)76-56-46-70(47-57-76)100(7,8)9)85-64-89(106(78-58-48-71(49-59-78)101(10,11)12)87-37-26-30-66-28-18-20-32-80(66)87)92-82-34-22-24-36-84(82)103(16,17)96(92)94(85)95-86(104)65-90(93-83-35-23-25-39-91(83)108-97(93)95)107(79-60-50-72(51-61-79)102(13,14)15)88-38-27-31-67-29-19-21-33-81(67)88/h18-65H,1-17H3. The van der Waals surface area contributed by atoms with Crippen LogP contribution in [0.4, 0.5) is 51.2 Å². The highest BCUT2D eigenvalue weighted by molar-refractivity contribution is 6.21. The fraction of sp³-hybridized carbons (Fsp3) is 0.231. The van der Waals surface area contributed by atoms with Gasteiger partial charge in [-0.2, -0.15) is 0 Å². The quantitative estimate of drug-likeness (QED) is 0.129. The normalized spacial score (nSPS) is 14.8. The summed E-state index contributed by atoms with van der Waals surface area (Å²) in [4.78, 5) is 7.63. The van der Waals surface area contributed by atoms with Gasteiger partial charge in [-0.3, -0.25) is 0 Å². The highest BCUT2D eigenvalue weighted by atomic mass is 16.3. The van der Waals surface area contributed by atoms with E-state index in [0.29, 0.717) is 0 Å². The molecule has 0 saturated heterocycles. The molecule has 0 amide bonds. The molecule has 1 heterocycles. The van der Waals surface area contributed by atoms with E-state index < -0.39 is 10.8 Å². The van der Waals surface area contributed by atoms with Crippen LogP contribution in [0.2, 0.25) is 0 Å². The van der Waals surface area contributed by atoms with Crippen molar-refractivity contribution in [2.24, 2.45) is 0 Å². The minimum Gasteiger partial charge on any atom is -0.455 e. The van der Waals surface area contributed by atoms with Crippen LogP contribution in [0.5, 0.6) is 0 Å². The van der Waals surface area contributed by atoms with Crippen molar-refractivity contribution in [1.29, 1.82) is 0 Å². The van der Waals surface area contributed by atoms with Gasteiger partial charge in [0.15, 0.2) is 0 Å². The second kappa shape index (κ2) is 25.2. The molecule has 1 unspecified atom stereocenters. The van der Waals surface area contributed by atoms with Crippen molar-refractivity contribution in [3.63, 3.8) is 0 Å². The maximum absolute atomic E-state index is 7.97. The molecule has 1 atom stereocenters. The Kier molecular flexibility index (Phi) is 16.3. The number of benzene rings is 14. The van der Waals surface area contributed by atoms with Crippen LogP contribution in [0.25, 0.3) is 65.7 Å². The Morgan fingerprint density at radius 2 is 0.620 bits per heavy atom. The predicted molar refractivity (Wildman–Crippen MR) is 461 cm³/mol. The van der Waals surface area contributed by atoms with E-state index >= 15 is 0 Å². The highest BCUT2D eigenvalue weighted by Gasteiger charge is 2.54. The third-order valence-corrected chi connectivity index (χ3v) is 23.7. The van der Waals surface area contributed by atoms with E-state index in [1.54, 1.807) is 0 Å². The first-order chi connectivity index (χ1) is 51.5. The largest absolute Gasteiger partial charge is 0.455 e. The maximum Gasteiger partial charge on any atom is 0.145 e. The molecule has 0 aliphatic heterocycles. The first-order valence-corrected chi connectivity index (χ1v) is 38.8. The molecule has 14 aromatic carbocycles. The fourth-order valence-corrected chi connectivity index (χ4v) is 17.8. The van der Waals surface area contributed by atoms with Gasteiger partial charge in [0.2, 0.25) is 0 Å². The zero-order chi connectivity index (χ0) is 75.4. The number of anilines is 9. The topological polar surface area (TPSA) is 22.9 Å². The number of fused-ring (bicyclic) bond motifs is 13. The summed E-state index contributed by atoms with van der Waals surface area (Å²) in [5.74, 6) is 0. The molecule has 4 nitrogen and oxygen atoms in total. The third-order valence-electron chi connectivity index (χ3n) is 23.7. The van der Waals surface area contributed by atoms with E-state index in [0.717, 1.165) is 101 Å². The molecule has 0 fully saturated rings. The lowest BCUT2D eigenvalue weighted by Gasteiger charge is -2.38. The lowest BCUT2D eigenvalue weighted by molar-refractivity contribution is 0.589. The van der Waals surface area contributed by atoms with E-state index in [4.69, 9.17) is 4.42 Å². The van der Waals surface area contributed by atoms with Gasteiger partial charge in [0.25, 0.3) is 0 Å². The molecule has 1 aromatic heterocycles. The summed E-state index contributed by atoms with van der Waals surface area (Å²) in [6.45, 7) is 39.6. The molecule has 4 heteroatoms. The molecule has 536 valence electrons. The average Bonchev–Trinajstić information content (AvgIpc) is 1.49. The summed E-state index contributed by atoms with van der Waals surface area (Å²) >= 11 is 0. The molecular weight excluding hydrogens is 1310 g/mol.